The lowest BCUT2D eigenvalue weighted by atomic mass is 10.0. The molecule has 0 unspecified atom stereocenters. The Morgan fingerprint density at radius 1 is 1.18 bits per heavy atom. The second-order valence-corrected chi connectivity index (χ2v) is 5.75. The summed E-state index contributed by atoms with van der Waals surface area (Å²) in [6, 6.07) is 6.28. The zero-order valence-electron chi connectivity index (χ0n) is 11.3. The van der Waals surface area contributed by atoms with E-state index in [4.69, 9.17) is 4.74 Å². The Morgan fingerprint density at radius 3 is 2.35 bits per heavy atom. The largest absolute Gasteiger partial charge is 0.493 e. The molecule has 17 heavy (non-hydrogen) atoms. The van der Waals surface area contributed by atoms with Crippen LogP contribution in [0, 0.1) is 5.92 Å². The molecule has 0 aliphatic carbocycles. The zero-order valence-corrected chi connectivity index (χ0v) is 12.9. The highest BCUT2D eigenvalue weighted by Crippen LogP contribution is 2.30. The minimum atomic E-state index is 0.490. The Balaban J connectivity index is 2.76. The third-order valence-corrected chi connectivity index (χ3v) is 3.72. The van der Waals surface area contributed by atoms with Crippen molar-refractivity contribution in [3.05, 3.63) is 28.2 Å². The predicted octanol–water partition coefficient (Wildman–Crippen LogP) is 5.39. The van der Waals surface area contributed by atoms with Crippen LogP contribution in [-0.4, -0.2) is 6.61 Å². The molecule has 0 N–H and O–H groups in total. The molecule has 0 saturated heterocycles. The van der Waals surface area contributed by atoms with Crippen LogP contribution in [0.25, 0.3) is 0 Å². The van der Waals surface area contributed by atoms with Gasteiger partial charge in [-0.3, -0.25) is 0 Å². The Labute approximate surface area is 114 Å². The third-order valence-electron chi connectivity index (χ3n) is 3.22. The molecule has 96 valence electrons. The lowest BCUT2D eigenvalue weighted by Crippen LogP contribution is -2.11. The maximum absolute atomic E-state index is 5.98. The van der Waals surface area contributed by atoms with Crippen LogP contribution in [0.5, 0.6) is 5.75 Å². The van der Waals surface area contributed by atoms with Crippen molar-refractivity contribution in [1.82, 2.24) is 0 Å². The van der Waals surface area contributed by atoms with Crippen molar-refractivity contribution in [2.45, 2.75) is 46.5 Å². The summed E-state index contributed by atoms with van der Waals surface area (Å²) >= 11 is 3.52. The molecule has 0 heterocycles. The van der Waals surface area contributed by atoms with E-state index in [0.29, 0.717) is 11.8 Å². The number of ether oxygens (including phenoxy) is 1. The summed E-state index contributed by atoms with van der Waals surface area (Å²) in [6.07, 6.45) is 2.37. The summed E-state index contributed by atoms with van der Waals surface area (Å²) in [6.45, 7) is 9.68. The van der Waals surface area contributed by atoms with Gasteiger partial charge in [0.05, 0.1) is 6.61 Å². The molecule has 0 amide bonds. The van der Waals surface area contributed by atoms with Crippen LogP contribution in [0.1, 0.15) is 52.0 Å². The topological polar surface area (TPSA) is 9.23 Å². The molecule has 2 heteroatoms. The standard InChI is InChI=1S/C15H23BrO/c1-5-12(6-2)10-17-15-8-7-13(16)9-14(15)11(3)4/h7-9,11-12H,5-6,10H2,1-4H3. The van der Waals surface area contributed by atoms with Gasteiger partial charge in [-0.2, -0.15) is 0 Å². The van der Waals surface area contributed by atoms with Gasteiger partial charge in [0.15, 0.2) is 0 Å². The van der Waals surface area contributed by atoms with E-state index < -0.39 is 0 Å². The smallest absolute Gasteiger partial charge is 0.122 e. The quantitative estimate of drug-likeness (QED) is 0.684. The average Bonchev–Trinajstić information content (AvgIpc) is 2.31. The van der Waals surface area contributed by atoms with E-state index in [9.17, 15) is 0 Å². The third kappa shape index (κ3) is 4.34. The fourth-order valence-electron chi connectivity index (χ4n) is 1.83. The molecule has 0 bridgehead atoms. The predicted molar refractivity (Wildman–Crippen MR) is 77.8 cm³/mol. The maximum atomic E-state index is 5.98. The van der Waals surface area contributed by atoms with Crippen LogP contribution in [0.4, 0.5) is 0 Å². The molecule has 0 aromatic heterocycles. The van der Waals surface area contributed by atoms with Crippen molar-refractivity contribution in [3.63, 3.8) is 0 Å². The summed E-state index contributed by atoms with van der Waals surface area (Å²) in [5, 5.41) is 0. The van der Waals surface area contributed by atoms with E-state index in [1.54, 1.807) is 0 Å². The van der Waals surface area contributed by atoms with Gasteiger partial charge in [0, 0.05) is 4.47 Å². The van der Waals surface area contributed by atoms with Gasteiger partial charge >= 0.3 is 0 Å². The number of halogens is 1. The lowest BCUT2D eigenvalue weighted by molar-refractivity contribution is 0.238. The van der Waals surface area contributed by atoms with Gasteiger partial charge in [0.25, 0.3) is 0 Å². The van der Waals surface area contributed by atoms with Crippen LogP contribution < -0.4 is 4.74 Å². The number of hydrogen-bond donors (Lipinski definition) is 0. The Bertz CT molecular complexity index is 343. The van der Waals surface area contributed by atoms with Crippen LogP contribution in [-0.2, 0) is 0 Å². The second kappa shape index (κ2) is 7.05. The van der Waals surface area contributed by atoms with E-state index in [0.717, 1.165) is 16.8 Å². The van der Waals surface area contributed by atoms with Crippen molar-refractivity contribution in [1.29, 1.82) is 0 Å². The Hall–Kier alpha value is -0.500. The first kappa shape index (κ1) is 14.6. The molecular weight excluding hydrogens is 276 g/mol. The minimum absolute atomic E-state index is 0.490. The summed E-state index contributed by atoms with van der Waals surface area (Å²) < 4.78 is 7.10. The SMILES string of the molecule is CCC(CC)COc1ccc(Br)cc1C(C)C. The Kier molecular flexibility index (Phi) is 6.04. The Morgan fingerprint density at radius 2 is 1.82 bits per heavy atom. The summed E-state index contributed by atoms with van der Waals surface area (Å²) in [5.41, 5.74) is 1.28. The highest BCUT2D eigenvalue weighted by atomic mass is 79.9. The van der Waals surface area contributed by atoms with Gasteiger partial charge in [-0.1, -0.05) is 56.5 Å². The molecule has 0 spiro atoms. The molecule has 0 fully saturated rings. The number of hydrogen-bond acceptors (Lipinski definition) is 1. The molecule has 1 aromatic carbocycles. The number of rotatable bonds is 6. The normalized spacial score (nSPS) is 11.2. The van der Waals surface area contributed by atoms with Crippen molar-refractivity contribution in [2.75, 3.05) is 6.61 Å². The first-order valence-electron chi connectivity index (χ1n) is 6.50. The van der Waals surface area contributed by atoms with Crippen molar-refractivity contribution in [2.24, 2.45) is 5.92 Å². The van der Waals surface area contributed by atoms with E-state index >= 15 is 0 Å². The molecule has 0 radical (unpaired) electrons. The molecule has 0 aliphatic rings. The van der Waals surface area contributed by atoms with E-state index in [2.05, 4.69) is 55.8 Å². The highest BCUT2D eigenvalue weighted by Gasteiger charge is 2.10. The molecular formula is C15H23BrO. The first-order valence-corrected chi connectivity index (χ1v) is 7.30. The fraction of sp³-hybridized carbons (Fsp3) is 0.600. The highest BCUT2D eigenvalue weighted by molar-refractivity contribution is 9.10. The number of benzene rings is 1. The average molecular weight is 299 g/mol. The van der Waals surface area contributed by atoms with Crippen molar-refractivity contribution < 1.29 is 4.74 Å². The van der Waals surface area contributed by atoms with Crippen molar-refractivity contribution >= 4 is 15.9 Å². The molecule has 0 saturated carbocycles. The van der Waals surface area contributed by atoms with Gasteiger partial charge < -0.3 is 4.74 Å². The molecule has 0 atom stereocenters. The van der Waals surface area contributed by atoms with Gasteiger partial charge in [-0.05, 0) is 35.6 Å². The van der Waals surface area contributed by atoms with Gasteiger partial charge in [0.2, 0.25) is 0 Å². The molecule has 1 nitrogen and oxygen atoms in total. The van der Waals surface area contributed by atoms with Crippen molar-refractivity contribution in [3.8, 4) is 5.75 Å². The van der Waals surface area contributed by atoms with Crippen LogP contribution >= 0.6 is 15.9 Å². The van der Waals surface area contributed by atoms with E-state index in [1.807, 2.05) is 6.07 Å². The van der Waals surface area contributed by atoms with Gasteiger partial charge in [-0.25, -0.2) is 0 Å². The summed E-state index contributed by atoms with van der Waals surface area (Å²) in [7, 11) is 0. The van der Waals surface area contributed by atoms with Crippen LogP contribution in [0.2, 0.25) is 0 Å². The fourth-order valence-corrected chi connectivity index (χ4v) is 2.21. The van der Waals surface area contributed by atoms with Crippen LogP contribution in [0.3, 0.4) is 0 Å². The maximum Gasteiger partial charge on any atom is 0.122 e. The summed E-state index contributed by atoms with van der Waals surface area (Å²) in [4.78, 5) is 0. The molecule has 1 aromatic rings. The van der Waals surface area contributed by atoms with E-state index in [1.165, 1.54) is 18.4 Å². The van der Waals surface area contributed by atoms with Gasteiger partial charge in [0.1, 0.15) is 5.75 Å². The minimum Gasteiger partial charge on any atom is -0.493 e. The van der Waals surface area contributed by atoms with E-state index in [-0.39, 0.29) is 0 Å². The molecule has 1 rings (SSSR count). The first-order chi connectivity index (χ1) is 8.08. The van der Waals surface area contributed by atoms with Gasteiger partial charge in [-0.15, -0.1) is 0 Å². The zero-order chi connectivity index (χ0) is 12.8. The lowest BCUT2D eigenvalue weighted by Gasteiger charge is -2.18. The monoisotopic (exact) mass is 298 g/mol. The molecule has 0 aliphatic heterocycles. The summed E-state index contributed by atoms with van der Waals surface area (Å²) in [5.74, 6) is 2.19. The van der Waals surface area contributed by atoms with Crippen LogP contribution in [0.15, 0.2) is 22.7 Å². The second-order valence-electron chi connectivity index (χ2n) is 4.83.